The van der Waals surface area contributed by atoms with Crippen LogP contribution in [0, 0.1) is 10.1 Å². The molecule has 9 nitrogen and oxygen atoms in total. The first-order valence-electron chi connectivity index (χ1n) is 10.1. The monoisotopic (exact) mass is 445 g/mol. The van der Waals surface area contributed by atoms with Crippen LogP contribution in [0.1, 0.15) is 24.1 Å². The molecule has 9 heteroatoms. The highest BCUT2D eigenvalue weighted by Gasteiger charge is 2.47. The molecule has 1 aromatic heterocycles. The summed E-state index contributed by atoms with van der Waals surface area (Å²) in [6.45, 7) is 2.34. The average molecular weight is 445 g/mol. The van der Waals surface area contributed by atoms with Crippen molar-refractivity contribution in [2.75, 3.05) is 11.5 Å². The number of carbonyl (C=O) groups is 2. The van der Waals surface area contributed by atoms with Gasteiger partial charge in [0.05, 0.1) is 23.1 Å². The van der Waals surface area contributed by atoms with E-state index in [-0.39, 0.29) is 16.8 Å². The third-order valence-electron chi connectivity index (χ3n) is 5.22. The van der Waals surface area contributed by atoms with Crippen molar-refractivity contribution < 1.29 is 24.4 Å². The first-order chi connectivity index (χ1) is 15.9. The molecule has 1 aliphatic rings. The Hall–Kier alpha value is -4.53. The first kappa shape index (κ1) is 21.7. The number of hydrogen-bond acceptors (Lipinski definition) is 7. The molecule has 3 aromatic rings. The number of aliphatic hydroxyl groups is 1. The molecular weight excluding hydrogens is 426 g/mol. The summed E-state index contributed by atoms with van der Waals surface area (Å²) in [5.74, 6) is -1.49. The molecule has 1 amide bonds. The lowest BCUT2D eigenvalue weighted by Gasteiger charge is -2.25. The van der Waals surface area contributed by atoms with E-state index in [1.807, 2.05) is 6.92 Å². The van der Waals surface area contributed by atoms with E-state index in [4.69, 9.17) is 4.74 Å². The summed E-state index contributed by atoms with van der Waals surface area (Å²) in [4.78, 5) is 41.9. The molecule has 0 radical (unpaired) electrons. The highest BCUT2D eigenvalue weighted by atomic mass is 16.6. The van der Waals surface area contributed by atoms with Crippen LogP contribution in [0.15, 0.2) is 78.6 Å². The SMILES string of the molecule is CCOc1ccc(N2C(=O)C(=O)/C(=C(\O)c3ccc([N+](=O)[O-])cc3)C2c2cccnc2)cc1. The predicted octanol–water partition coefficient (Wildman–Crippen LogP) is 4.01. The number of nitro benzene ring substituents is 1. The van der Waals surface area contributed by atoms with Gasteiger partial charge in [-0.1, -0.05) is 6.07 Å². The number of rotatable bonds is 6. The number of pyridine rings is 1. The van der Waals surface area contributed by atoms with Gasteiger partial charge in [-0.2, -0.15) is 0 Å². The summed E-state index contributed by atoms with van der Waals surface area (Å²) in [5, 5.41) is 22.0. The maximum Gasteiger partial charge on any atom is 0.300 e. The largest absolute Gasteiger partial charge is 0.507 e. The van der Waals surface area contributed by atoms with Gasteiger partial charge in [0.2, 0.25) is 0 Å². The number of benzene rings is 2. The Morgan fingerprint density at radius 1 is 1.12 bits per heavy atom. The van der Waals surface area contributed by atoms with Gasteiger partial charge in [-0.15, -0.1) is 0 Å². The Morgan fingerprint density at radius 2 is 1.82 bits per heavy atom. The van der Waals surface area contributed by atoms with Crippen molar-refractivity contribution in [2.24, 2.45) is 0 Å². The molecule has 0 saturated carbocycles. The Balaban J connectivity index is 1.85. The zero-order valence-electron chi connectivity index (χ0n) is 17.5. The number of carbonyl (C=O) groups excluding carboxylic acids is 2. The van der Waals surface area contributed by atoms with Crippen LogP contribution >= 0.6 is 0 Å². The second-order valence-electron chi connectivity index (χ2n) is 7.19. The molecule has 1 N–H and O–H groups in total. The van der Waals surface area contributed by atoms with E-state index in [2.05, 4.69) is 4.98 Å². The second kappa shape index (κ2) is 8.91. The van der Waals surface area contributed by atoms with Crippen LogP contribution in [0.3, 0.4) is 0 Å². The van der Waals surface area contributed by atoms with Crippen molar-refractivity contribution >= 4 is 28.8 Å². The summed E-state index contributed by atoms with van der Waals surface area (Å²) in [6, 6.07) is 14.2. The minimum Gasteiger partial charge on any atom is -0.507 e. The molecule has 166 valence electrons. The van der Waals surface area contributed by atoms with E-state index in [1.165, 1.54) is 35.4 Å². The van der Waals surface area contributed by atoms with E-state index >= 15 is 0 Å². The third-order valence-corrected chi connectivity index (χ3v) is 5.22. The highest BCUT2D eigenvalue weighted by molar-refractivity contribution is 6.51. The van der Waals surface area contributed by atoms with Gasteiger partial charge in [0.15, 0.2) is 0 Å². The Morgan fingerprint density at radius 3 is 2.39 bits per heavy atom. The van der Waals surface area contributed by atoms with Crippen molar-refractivity contribution in [3.05, 3.63) is 99.9 Å². The molecular formula is C24H19N3O6. The van der Waals surface area contributed by atoms with E-state index in [0.29, 0.717) is 23.6 Å². The number of aromatic nitrogens is 1. The number of aliphatic hydroxyl groups excluding tert-OH is 1. The third kappa shape index (κ3) is 4.03. The Kier molecular flexibility index (Phi) is 5.86. The number of amides is 1. The lowest BCUT2D eigenvalue weighted by Crippen LogP contribution is -2.29. The van der Waals surface area contributed by atoms with Crippen LogP contribution in [0.2, 0.25) is 0 Å². The van der Waals surface area contributed by atoms with Gasteiger partial charge in [-0.05, 0) is 55.0 Å². The van der Waals surface area contributed by atoms with E-state index in [1.54, 1.807) is 42.6 Å². The number of ketones is 1. The molecule has 2 aromatic carbocycles. The second-order valence-corrected chi connectivity index (χ2v) is 7.19. The van der Waals surface area contributed by atoms with Crippen LogP contribution < -0.4 is 9.64 Å². The molecule has 1 fully saturated rings. The molecule has 1 saturated heterocycles. The van der Waals surface area contributed by atoms with Crippen LogP contribution in [0.5, 0.6) is 5.75 Å². The molecule has 0 spiro atoms. The standard InChI is InChI=1S/C24H19N3O6/c1-2-33-19-11-9-17(10-12-19)26-21(16-4-3-13-25-14-16)20(23(29)24(26)30)22(28)15-5-7-18(8-6-15)27(31)32/h3-14,21,28H,2H2,1H3/b22-20-. The van der Waals surface area contributed by atoms with Crippen molar-refractivity contribution in [1.82, 2.24) is 4.98 Å². The van der Waals surface area contributed by atoms with Gasteiger partial charge in [0.1, 0.15) is 11.5 Å². The molecule has 0 bridgehead atoms. The minimum atomic E-state index is -0.938. The Bertz CT molecular complexity index is 1240. The molecule has 0 aliphatic carbocycles. The summed E-state index contributed by atoms with van der Waals surface area (Å²) in [7, 11) is 0. The van der Waals surface area contributed by atoms with Crippen molar-refractivity contribution in [3.8, 4) is 5.75 Å². The molecule has 1 unspecified atom stereocenters. The summed E-state index contributed by atoms with van der Waals surface area (Å²) < 4.78 is 5.45. The highest BCUT2D eigenvalue weighted by Crippen LogP contribution is 2.42. The van der Waals surface area contributed by atoms with Crippen LogP contribution in [0.4, 0.5) is 11.4 Å². The van der Waals surface area contributed by atoms with Gasteiger partial charge in [0, 0.05) is 35.8 Å². The number of Topliss-reactive ketones (excluding diaryl/α,β-unsaturated/α-hetero) is 1. The average Bonchev–Trinajstić information content (AvgIpc) is 3.10. The number of nitrogens with zero attached hydrogens (tertiary/aromatic N) is 3. The normalized spacial score (nSPS) is 17.2. The zero-order valence-corrected chi connectivity index (χ0v) is 17.5. The summed E-state index contributed by atoms with van der Waals surface area (Å²) >= 11 is 0. The van der Waals surface area contributed by atoms with Gasteiger partial charge >= 0.3 is 0 Å². The smallest absolute Gasteiger partial charge is 0.300 e. The molecule has 1 atom stereocenters. The summed E-state index contributed by atoms with van der Waals surface area (Å²) in [5.41, 5.74) is 0.853. The van der Waals surface area contributed by atoms with E-state index in [9.17, 15) is 24.8 Å². The van der Waals surface area contributed by atoms with Gasteiger partial charge in [-0.3, -0.25) is 29.6 Å². The fourth-order valence-corrected chi connectivity index (χ4v) is 3.72. The van der Waals surface area contributed by atoms with Gasteiger partial charge in [0.25, 0.3) is 17.4 Å². The Labute approximate surface area is 188 Å². The van der Waals surface area contributed by atoms with Crippen molar-refractivity contribution in [1.29, 1.82) is 0 Å². The topological polar surface area (TPSA) is 123 Å². The maximum atomic E-state index is 13.1. The quantitative estimate of drug-likeness (QED) is 0.200. The van der Waals surface area contributed by atoms with Gasteiger partial charge in [-0.25, -0.2) is 0 Å². The number of ether oxygens (including phenoxy) is 1. The molecule has 33 heavy (non-hydrogen) atoms. The number of non-ortho nitro benzene ring substituents is 1. The lowest BCUT2D eigenvalue weighted by molar-refractivity contribution is -0.384. The maximum absolute atomic E-state index is 13.1. The number of nitro groups is 1. The van der Waals surface area contributed by atoms with Crippen molar-refractivity contribution in [2.45, 2.75) is 13.0 Å². The van der Waals surface area contributed by atoms with E-state index in [0.717, 1.165) is 0 Å². The molecule has 4 rings (SSSR count). The lowest BCUT2D eigenvalue weighted by atomic mass is 9.96. The fourth-order valence-electron chi connectivity index (χ4n) is 3.72. The van der Waals surface area contributed by atoms with E-state index < -0.39 is 28.4 Å². The van der Waals surface area contributed by atoms with Crippen LogP contribution in [0.25, 0.3) is 5.76 Å². The van der Waals surface area contributed by atoms with Crippen LogP contribution in [-0.4, -0.2) is 33.3 Å². The zero-order chi connectivity index (χ0) is 23.5. The first-order valence-corrected chi connectivity index (χ1v) is 10.1. The molecule has 1 aliphatic heterocycles. The predicted molar refractivity (Wildman–Crippen MR) is 120 cm³/mol. The minimum absolute atomic E-state index is 0.129. The molecule has 2 heterocycles. The number of hydrogen-bond donors (Lipinski definition) is 1. The number of anilines is 1. The van der Waals surface area contributed by atoms with Crippen molar-refractivity contribution in [3.63, 3.8) is 0 Å². The van der Waals surface area contributed by atoms with Gasteiger partial charge < -0.3 is 9.84 Å². The van der Waals surface area contributed by atoms with Crippen LogP contribution in [-0.2, 0) is 9.59 Å². The fraction of sp³-hybridized carbons (Fsp3) is 0.125. The summed E-state index contributed by atoms with van der Waals surface area (Å²) in [6.07, 6.45) is 3.07.